The van der Waals surface area contributed by atoms with Gasteiger partial charge in [-0.2, -0.15) is 0 Å². The minimum atomic E-state index is -0.609. The van der Waals surface area contributed by atoms with Crippen molar-refractivity contribution in [2.45, 2.75) is 6.92 Å². The molecular weight excluding hydrogens is 406 g/mol. The SMILES string of the molecule is COc1cc(O)c(C(=O)c2ccc(=O)n(-c3ccc([N+](=O)[O-])cc3)c2)cc1NC(C)=O. The van der Waals surface area contributed by atoms with Gasteiger partial charge < -0.3 is 15.2 Å². The summed E-state index contributed by atoms with van der Waals surface area (Å²) in [6.07, 6.45) is 1.27. The predicted molar refractivity (Wildman–Crippen MR) is 111 cm³/mol. The lowest BCUT2D eigenvalue weighted by Crippen LogP contribution is -2.19. The molecule has 1 aromatic heterocycles. The van der Waals surface area contributed by atoms with Crippen LogP contribution in [0.3, 0.4) is 0 Å². The van der Waals surface area contributed by atoms with Crippen LogP contribution in [-0.2, 0) is 4.79 Å². The van der Waals surface area contributed by atoms with Gasteiger partial charge in [-0.1, -0.05) is 0 Å². The average Bonchev–Trinajstić information content (AvgIpc) is 2.74. The van der Waals surface area contributed by atoms with Gasteiger partial charge in [-0.3, -0.25) is 29.1 Å². The molecule has 0 aliphatic heterocycles. The van der Waals surface area contributed by atoms with E-state index in [-0.39, 0.29) is 34.0 Å². The molecule has 158 valence electrons. The molecule has 0 aliphatic carbocycles. The molecule has 0 radical (unpaired) electrons. The number of phenols is 1. The third-order valence-corrected chi connectivity index (χ3v) is 4.39. The van der Waals surface area contributed by atoms with Crippen molar-refractivity contribution < 1.29 is 24.4 Å². The lowest BCUT2D eigenvalue weighted by Gasteiger charge is -2.13. The highest BCUT2D eigenvalue weighted by molar-refractivity contribution is 6.11. The molecule has 3 aromatic rings. The maximum absolute atomic E-state index is 13.0. The second kappa shape index (κ2) is 8.49. The highest BCUT2D eigenvalue weighted by Crippen LogP contribution is 2.33. The Kier molecular flexibility index (Phi) is 5.82. The Morgan fingerprint density at radius 2 is 1.81 bits per heavy atom. The largest absolute Gasteiger partial charge is 0.507 e. The number of hydrogen-bond donors (Lipinski definition) is 2. The van der Waals surface area contributed by atoms with Crippen LogP contribution in [0.5, 0.6) is 11.5 Å². The molecule has 0 saturated heterocycles. The Bertz CT molecular complexity index is 1250. The minimum absolute atomic E-state index is 0.0761. The number of hydrogen-bond acceptors (Lipinski definition) is 7. The lowest BCUT2D eigenvalue weighted by atomic mass is 10.0. The van der Waals surface area contributed by atoms with Crippen molar-refractivity contribution >= 4 is 23.1 Å². The first kappa shape index (κ1) is 21.2. The maximum atomic E-state index is 13.0. The first-order valence-corrected chi connectivity index (χ1v) is 8.92. The fourth-order valence-electron chi connectivity index (χ4n) is 2.92. The van der Waals surface area contributed by atoms with Crippen LogP contribution in [0.25, 0.3) is 5.69 Å². The molecule has 1 heterocycles. The molecule has 0 aliphatic rings. The van der Waals surface area contributed by atoms with Crippen LogP contribution >= 0.6 is 0 Å². The van der Waals surface area contributed by atoms with Crippen molar-refractivity contribution in [3.8, 4) is 17.2 Å². The van der Waals surface area contributed by atoms with Gasteiger partial charge in [0.05, 0.1) is 23.3 Å². The smallest absolute Gasteiger partial charge is 0.269 e. The van der Waals surface area contributed by atoms with Crippen LogP contribution < -0.4 is 15.6 Å². The van der Waals surface area contributed by atoms with Gasteiger partial charge in [0.2, 0.25) is 5.91 Å². The number of aromatic nitrogens is 1. The summed E-state index contributed by atoms with van der Waals surface area (Å²) in [4.78, 5) is 47.0. The second-order valence-corrected chi connectivity index (χ2v) is 6.48. The molecule has 0 saturated carbocycles. The van der Waals surface area contributed by atoms with Crippen LogP contribution in [0.15, 0.2) is 59.5 Å². The van der Waals surface area contributed by atoms with E-state index in [1.165, 1.54) is 68.8 Å². The van der Waals surface area contributed by atoms with E-state index in [9.17, 15) is 29.6 Å². The van der Waals surface area contributed by atoms with Crippen molar-refractivity contribution in [2.75, 3.05) is 12.4 Å². The standard InChI is InChI=1S/C21H17N3O7/c1-12(25)22-17-9-16(18(26)10-19(17)31-2)21(28)13-3-8-20(27)23(11-13)14-4-6-15(7-5-14)24(29)30/h3-11,26H,1-2H3,(H,22,25). The number of nitrogens with zero attached hydrogens (tertiary/aromatic N) is 2. The van der Waals surface area contributed by atoms with Gasteiger partial charge >= 0.3 is 0 Å². The molecular formula is C21H17N3O7. The second-order valence-electron chi connectivity index (χ2n) is 6.48. The number of benzene rings is 2. The third kappa shape index (κ3) is 4.42. The van der Waals surface area contributed by atoms with Crippen LogP contribution in [0.2, 0.25) is 0 Å². The van der Waals surface area contributed by atoms with Crippen LogP contribution in [0.1, 0.15) is 22.8 Å². The number of methoxy groups -OCH3 is 1. The summed E-state index contributed by atoms with van der Waals surface area (Å²) in [5, 5.41) is 23.6. The van der Waals surface area contributed by atoms with Gasteiger partial charge in [-0.15, -0.1) is 0 Å². The number of rotatable bonds is 6. The molecule has 0 atom stereocenters. The number of amides is 1. The van der Waals surface area contributed by atoms with Gasteiger partial charge in [-0.05, 0) is 24.3 Å². The van der Waals surface area contributed by atoms with Gasteiger partial charge in [0.25, 0.3) is 11.2 Å². The normalized spacial score (nSPS) is 10.4. The highest BCUT2D eigenvalue weighted by atomic mass is 16.6. The Morgan fingerprint density at radius 3 is 2.39 bits per heavy atom. The number of anilines is 1. The van der Waals surface area contributed by atoms with E-state index >= 15 is 0 Å². The monoisotopic (exact) mass is 423 g/mol. The highest BCUT2D eigenvalue weighted by Gasteiger charge is 2.19. The average molecular weight is 423 g/mol. The van der Waals surface area contributed by atoms with E-state index in [1.54, 1.807) is 0 Å². The van der Waals surface area contributed by atoms with Crippen molar-refractivity contribution in [2.24, 2.45) is 0 Å². The molecule has 2 N–H and O–H groups in total. The molecule has 0 spiro atoms. The Labute approximate surface area is 175 Å². The zero-order valence-electron chi connectivity index (χ0n) is 16.5. The van der Waals surface area contributed by atoms with Crippen molar-refractivity contribution in [1.29, 1.82) is 0 Å². The number of ketones is 1. The minimum Gasteiger partial charge on any atom is -0.507 e. The Morgan fingerprint density at radius 1 is 1.13 bits per heavy atom. The number of carbonyl (C=O) groups is 2. The molecule has 0 fully saturated rings. The summed E-state index contributed by atoms with van der Waals surface area (Å²) < 4.78 is 6.27. The van der Waals surface area contributed by atoms with E-state index in [4.69, 9.17) is 4.74 Å². The number of nitro groups is 1. The summed E-state index contributed by atoms with van der Waals surface area (Å²) in [7, 11) is 1.35. The maximum Gasteiger partial charge on any atom is 0.269 e. The van der Waals surface area contributed by atoms with Gasteiger partial charge in [0, 0.05) is 48.6 Å². The number of aromatic hydroxyl groups is 1. The summed E-state index contributed by atoms with van der Waals surface area (Å²) >= 11 is 0. The number of ether oxygens (including phenoxy) is 1. The van der Waals surface area contributed by atoms with Crippen molar-refractivity contribution in [1.82, 2.24) is 4.57 Å². The first-order valence-electron chi connectivity index (χ1n) is 8.92. The molecule has 1 amide bonds. The zero-order valence-corrected chi connectivity index (χ0v) is 16.5. The van der Waals surface area contributed by atoms with E-state index in [1.807, 2.05) is 0 Å². The molecule has 10 nitrogen and oxygen atoms in total. The van der Waals surface area contributed by atoms with Crippen LogP contribution in [0.4, 0.5) is 11.4 Å². The molecule has 0 unspecified atom stereocenters. The molecule has 31 heavy (non-hydrogen) atoms. The van der Waals surface area contributed by atoms with Crippen molar-refractivity contribution in [3.63, 3.8) is 0 Å². The number of non-ortho nitro benzene ring substituents is 1. The van der Waals surface area contributed by atoms with Gasteiger partial charge in [0.15, 0.2) is 5.78 Å². The fraction of sp³-hybridized carbons (Fsp3) is 0.0952. The number of phenolic OH excluding ortho intramolecular Hbond substituents is 1. The Hall–Kier alpha value is -4.47. The van der Waals surface area contributed by atoms with Gasteiger partial charge in [0.1, 0.15) is 11.5 Å². The summed E-state index contributed by atoms with van der Waals surface area (Å²) in [6.45, 7) is 1.29. The number of carbonyl (C=O) groups excluding carboxylic acids is 2. The van der Waals surface area contributed by atoms with E-state index in [0.717, 1.165) is 4.57 Å². The van der Waals surface area contributed by atoms with Crippen LogP contribution in [-0.4, -0.2) is 33.4 Å². The van der Waals surface area contributed by atoms with Gasteiger partial charge in [-0.25, -0.2) is 0 Å². The first-order chi connectivity index (χ1) is 14.7. The van der Waals surface area contributed by atoms with Crippen LogP contribution in [0, 0.1) is 10.1 Å². The zero-order chi connectivity index (χ0) is 22.7. The Balaban J connectivity index is 2.05. The predicted octanol–water partition coefficient (Wildman–Crippen LogP) is 2.65. The quantitative estimate of drug-likeness (QED) is 0.269. The van der Waals surface area contributed by atoms with E-state index < -0.39 is 22.2 Å². The third-order valence-electron chi connectivity index (χ3n) is 4.39. The van der Waals surface area contributed by atoms with E-state index in [2.05, 4.69) is 5.32 Å². The molecule has 10 heteroatoms. The summed E-state index contributed by atoms with van der Waals surface area (Å²) in [6, 6.07) is 10.2. The van der Waals surface area contributed by atoms with Crippen molar-refractivity contribution in [3.05, 3.63) is 86.3 Å². The van der Waals surface area contributed by atoms with E-state index in [0.29, 0.717) is 5.69 Å². The lowest BCUT2D eigenvalue weighted by molar-refractivity contribution is -0.384. The summed E-state index contributed by atoms with van der Waals surface area (Å²) in [5.41, 5.74) is -0.116. The number of nitro benzene ring substituents is 1. The fourth-order valence-corrected chi connectivity index (χ4v) is 2.92. The molecule has 0 bridgehead atoms. The topological polar surface area (TPSA) is 141 Å². The number of pyridine rings is 1. The number of nitrogens with one attached hydrogen (secondary N) is 1. The summed E-state index contributed by atoms with van der Waals surface area (Å²) in [5.74, 6) is -1.21. The molecule has 3 rings (SSSR count). The molecule has 2 aromatic carbocycles.